The van der Waals surface area contributed by atoms with Crippen LogP contribution in [0.5, 0.6) is 5.75 Å². The molecule has 0 radical (unpaired) electrons. The van der Waals surface area contributed by atoms with Gasteiger partial charge in [-0.3, -0.25) is 4.79 Å². The Morgan fingerprint density at radius 2 is 1.72 bits per heavy atom. The molecule has 4 rings (SSSR count). The van der Waals surface area contributed by atoms with Crippen molar-refractivity contribution in [2.45, 2.75) is 6.61 Å². The second-order valence-electron chi connectivity index (χ2n) is 6.69. The van der Waals surface area contributed by atoms with Crippen molar-refractivity contribution in [3.8, 4) is 5.75 Å². The van der Waals surface area contributed by atoms with Crippen LogP contribution in [0.1, 0.15) is 11.1 Å². The van der Waals surface area contributed by atoms with Crippen molar-refractivity contribution < 1.29 is 13.9 Å². The fourth-order valence-electron chi connectivity index (χ4n) is 2.80. The minimum Gasteiger partial charge on any atom is -0.487 e. The van der Waals surface area contributed by atoms with Gasteiger partial charge in [0, 0.05) is 4.47 Å². The first-order valence-electron chi connectivity index (χ1n) is 9.29. The van der Waals surface area contributed by atoms with E-state index in [0.29, 0.717) is 22.4 Å². The van der Waals surface area contributed by atoms with Crippen LogP contribution in [-0.2, 0) is 11.4 Å². The molecule has 0 spiro atoms. The highest BCUT2D eigenvalue weighted by atomic mass is 127. The molecule has 0 bridgehead atoms. The molecular formula is C23H14BrFI2N2O2S. The van der Waals surface area contributed by atoms with Crippen LogP contribution >= 0.6 is 72.9 Å². The fraction of sp³-hybridized carbons (Fsp3) is 0.0435. The minimum atomic E-state index is -0.328. The van der Waals surface area contributed by atoms with Gasteiger partial charge in [0.05, 0.1) is 17.7 Å². The third-order valence-corrected chi connectivity index (χ3v) is 7.36. The lowest BCUT2D eigenvalue weighted by Gasteiger charge is -2.12. The predicted molar refractivity (Wildman–Crippen MR) is 148 cm³/mol. The summed E-state index contributed by atoms with van der Waals surface area (Å²) in [5.74, 6) is 0.279. The van der Waals surface area contributed by atoms with Gasteiger partial charge in [-0.1, -0.05) is 28.1 Å². The number of amides is 1. The molecule has 3 aromatic carbocycles. The summed E-state index contributed by atoms with van der Waals surface area (Å²) < 4.78 is 22.1. The van der Waals surface area contributed by atoms with Crippen molar-refractivity contribution in [2.24, 2.45) is 4.99 Å². The van der Waals surface area contributed by atoms with Crippen molar-refractivity contribution >= 4 is 95.7 Å². The van der Waals surface area contributed by atoms with Crippen LogP contribution in [0.3, 0.4) is 0 Å². The summed E-state index contributed by atoms with van der Waals surface area (Å²) in [6, 6.07) is 17.8. The number of carbonyl (C=O) groups excluding carboxylic acids is 1. The molecule has 1 fully saturated rings. The molecule has 32 heavy (non-hydrogen) atoms. The van der Waals surface area contributed by atoms with Gasteiger partial charge < -0.3 is 10.1 Å². The normalized spacial score (nSPS) is 15.9. The van der Waals surface area contributed by atoms with Crippen LogP contribution in [0.15, 0.2) is 75.0 Å². The Balaban J connectivity index is 1.49. The Morgan fingerprint density at radius 3 is 2.38 bits per heavy atom. The number of rotatable bonds is 5. The molecule has 1 N–H and O–H groups in total. The third-order valence-electron chi connectivity index (χ3n) is 4.32. The Hall–Kier alpha value is -1.44. The molecule has 1 aliphatic heterocycles. The minimum absolute atomic E-state index is 0.212. The maximum Gasteiger partial charge on any atom is 0.264 e. The van der Waals surface area contributed by atoms with Gasteiger partial charge in [0.2, 0.25) is 0 Å². The Labute approximate surface area is 224 Å². The molecule has 1 heterocycles. The maximum absolute atomic E-state index is 13.1. The number of nitrogens with one attached hydrogen (secondary N) is 1. The van der Waals surface area contributed by atoms with E-state index in [-0.39, 0.29) is 11.7 Å². The van der Waals surface area contributed by atoms with Gasteiger partial charge >= 0.3 is 0 Å². The largest absolute Gasteiger partial charge is 0.487 e. The van der Waals surface area contributed by atoms with Crippen LogP contribution in [0, 0.1) is 13.0 Å². The average Bonchev–Trinajstić information content (AvgIpc) is 3.09. The topological polar surface area (TPSA) is 50.7 Å². The number of thioether (sulfide) groups is 1. The van der Waals surface area contributed by atoms with Gasteiger partial charge in [-0.25, -0.2) is 9.38 Å². The first-order chi connectivity index (χ1) is 15.4. The molecule has 0 aliphatic carbocycles. The standard InChI is InChI=1S/C23H14BrFI2N2O2S/c24-15-3-1-13(2-4-15)12-31-21-18(26)9-14(10-19(21)27)11-20-22(30)29-23(32-20)28-17-7-5-16(25)6-8-17/h1-11H,12H2,(H,28,29,30)/b20-11+. The summed E-state index contributed by atoms with van der Waals surface area (Å²) in [6.45, 7) is 0.473. The zero-order valence-corrected chi connectivity index (χ0v) is 23.0. The van der Waals surface area contributed by atoms with Crippen molar-refractivity contribution in [1.82, 2.24) is 5.32 Å². The van der Waals surface area contributed by atoms with E-state index >= 15 is 0 Å². The van der Waals surface area contributed by atoms with E-state index in [0.717, 1.165) is 28.5 Å². The molecular weight excluding hydrogens is 721 g/mol. The first kappa shape index (κ1) is 23.7. The summed E-state index contributed by atoms with van der Waals surface area (Å²) in [6.07, 6.45) is 1.83. The lowest BCUT2D eigenvalue weighted by atomic mass is 10.2. The van der Waals surface area contributed by atoms with Gasteiger partial charge in [-0.05, 0) is 123 Å². The van der Waals surface area contributed by atoms with Gasteiger partial charge in [0.15, 0.2) is 5.17 Å². The van der Waals surface area contributed by atoms with E-state index in [1.807, 2.05) is 42.5 Å². The molecule has 3 aromatic rings. The molecule has 162 valence electrons. The summed E-state index contributed by atoms with van der Waals surface area (Å²) in [7, 11) is 0. The monoisotopic (exact) mass is 734 g/mol. The second kappa shape index (κ2) is 10.7. The first-order valence-corrected chi connectivity index (χ1v) is 13.1. The maximum atomic E-state index is 13.1. The van der Waals surface area contributed by atoms with E-state index in [2.05, 4.69) is 71.4 Å². The lowest BCUT2D eigenvalue weighted by Crippen LogP contribution is -2.19. The van der Waals surface area contributed by atoms with E-state index < -0.39 is 0 Å². The Kier molecular flexibility index (Phi) is 7.90. The second-order valence-corrected chi connectivity index (χ2v) is 11.0. The van der Waals surface area contributed by atoms with Crippen molar-refractivity contribution in [1.29, 1.82) is 0 Å². The van der Waals surface area contributed by atoms with E-state index in [1.54, 1.807) is 12.1 Å². The summed E-state index contributed by atoms with van der Waals surface area (Å²) in [4.78, 5) is 17.3. The Bertz CT molecular complexity index is 1210. The predicted octanol–water partition coefficient (Wildman–Crippen LogP) is 7.27. The van der Waals surface area contributed by atoms with Crippen LogP contribution in [-0.4, -0.2) is 11.1 Å². The number of amidine groups is 1. The summed E-state index contributed by atoms with van der Waals surface area (Å²) in [5, 5.41) is 3.22. The highest BCUT2D eigenvalue weighted by Gasteiger charge is 2.24. The number of carbonyl (C=O) groups is 1. The third kappa shape index (κ3) is 6.12. The molecule has 4 nitrogen and oxygen atoms in total. The van der Waals surface area contributed by atoms with Crippen LogP contribution in [0.25, 0.3) is 6.08 Å². The zero-order valence-electron chi connectivity index (χ0n) is 16.2. The number of aliphatic imine (C=N–C) groups is 1. The highest BCUT2D eigenvalue weighted by molar-refractivity contribution is 14.1. The van der Waals surface area contributed by atoms with Gasteiger partial charge in [-0.15, -0.1) is 0 Å². The molecule has 1 amide bonds. The fourth-order valence-corrected chi connectivity index (χ4v) is 6.04. The summed E-state index contributed by atoms with van der Waals surface area (Å²) in [5.41, 5.74) is 2.56. The summed E-state index contributed by atoms with van der Waals surface area (Å²) >= 11 is 9.18. The van der Waals surface area contributed by atoms with Gasteiger partial charge in [0.25, 0.3) is 5.91 Å². The number of hydrogen-bond donors (Lipinski definition) is 1. The van der Waals surface area contributed by atoms with Crippen molar-refractivity contribution in [2.75, 3.05) is 0 Å². The van der Waals surface area contributed by atoms with E-state index in [1.165, 1.54) is 23.9 Å². The van der Waals surface area contributed by atoms with Gasteiger partial charge in [0.1, 0.15) is 18.2 Å². The zero-order chi connectivity index (χ0) is 22.7. The van der Waals surface area contributed by atoms with Crippen LogP contribution < -0.4 is 10.1 Å². The molecule has 0 saturated carbocycles. The van der Waals surface area contributed by atoms with E-state index in [9.17, 15) is 9.18 Å². The van der Waals surface area contributed by atoms with Crippen LogP contribution in [0.2, 0.25) is 0 Å². The molecule has 0 unspecified atom stereocenters. The van der Waals surface area contributed by atoms with Crippen molar-refractivity contribution in [3.63, 3.8) is 0 Å². The number of hydrogen-bond acceptors (Lipinski definition) is 4. The number of nitrogens with zero attached hydrogens (tertiary/aromatic N) is 1. The molecule has 1 aliphatic rings. The molecule has 0 aromatic heterocycles. The SMILES string of the molecule is O=C1NC(=Nc2ccc(F)cc2)S/C1=C/c1cc(I)c(OCc2ccc(Br)cc2)c(I)c1. The molecule has 0 atom stereocenters. The number of benzene rings is 3. The van der Waals surface area contributed by atoms with Gasteiger partial charge in [-0.2, -0.15) is 0 Å². The quantitative estimate of drug-likeness (QED) is 0.222. The van der Waals surface area contributed by atoms with Crippen LogP contribution in [0.4, 0.5) is 10.1 Å². The highest BCUT2D eigenvalue weighted by Crippen LogP contribution is 2.33. The molecule has 9 heteroatoms. The lowest BCUT2D eigenvalue weighted by molar-refractivity contribution is -0.115. The number of ether oxygens (including phenoxy) is 1. The smallest absolute Gasteiger partial charge is 0.264 e. The average molecular weight is 735 g/mol. The van der Waals surface area contributed by atoms with E-state index in [4.69, 9.17) is 4.74 Å². The van der Waals surface area contributed by atoms with Crippen molar-refractivity contribution in [3.05, 3.63) is 94.1 Å². The Morgan fingerprint density at radius 1 is 1.06 bits per heavy atom. The molecule has 1 saturated heterocycles. The number of halogens is 4.